The van der Waals surface area contributed by atoms with Gasteiger partial charge in [-0.2, -0.15) is 0 Å². The molecule has 0 radical (unpaired) electrons. The maximum Gasteiger partial charge on any atom is 0.223 e. The number of benzene rings is 1. The number of pyridine rings is 1. The number of rotatable bonds is 7. The third-order valence-corrected chi connectivity index (χ3v) is 3.01. The number of hydrogen-bond donors (Lipinski definition) is 2. The van der Waals surface area contributed by atoms with E-state index in [9.17, 15) is 0 Å². The highest BCUT2D eigenvalue weighted by Gasteiger charge is 2.06. The fourth-order valence-corrected chi connectivity index (χ4v) is 1.97. The van der Waals surface area contributed by atoms with Crippen molar-refractivity contribution >= 4 is 0 Å². The Morgan fingerprint density at radius 1 is 1.24 bits per heavy atom. The molecule has 2 aromatic rings. The minimum absolute atomic E-state index is 0.00220. The van der Waals surface area contributed by atoms with E-state index in [0.29, 0.717) is 17.5 Å². The summed E-state index contributed by atoms with van der Waals surface area (Å²) in [6.45, 7) is 6.03. The molecular formula is C17H22N2O2. The molecule has 0 atom stereocenters. The van der Waals surface area contributed by atoms with E-state index in [1.165, 1.54) is 0 Å². The van der Waals surface area contributed by atoms with Gasteiger partial charge >= 0.3 is 0 Å². The zero-order valence-corrected chi connectivity index (χ0v) is 12.5. The highest BCUT2D eigenvalue weighted by atomic mass is 16.5. The lowest BCUT2D eigenvalue weighted by Crippen LogP contribution is -2.19. The zero-order chi connectivity index (χ0) is 15.1. The van der Waals surface area contributed by atoms with Crippen LogP contribution in [0, 0.1) is 5.92 Å². The molecule has 1 aromatic carbocycles. The van der Waals surface area contributed by atoms with Gasteiger partial charge in [-0.1, -0.05) is 32.0 Å². The van der Waals surface area contributed by atoms with Crippen molar-refractivity contribution < 1.29 is 9.84 Å². The van der Waals surface area contributed by atoms with E-state index in [-0.39, 0.29) is 6.61 Å². The predicted octanol–water partition coefficient (Wildman–Crippen LogP) is 3.11. The van der Waals surface area contributed by atoms with E-state index in [4.69, 9.17) is 9.84 Å². The maximum atomic E-state index is 9.17. The fourth-order valence-electron chi connectivity index (χ4n) is 1.97. The third-order valence-electron chi connectivity index (χ3n) is 3.01. The number of ether oxygens (including phenoxy) is 1. The van der Waals surface area contributed by atoms with Gasteiger partial charge in [0, 0.05) is 18.3 Å². The average molecular weight is 286 g/mol. The second-order valence-corrected chi connectivity index (χ2v) is 5.40. The molecule has 0 spiro atoms. The van der Waals surface area contributed by atoms with Gasteiger partial charge < -0.3 is 15.2 Å². The molecule has 0 unspecified atom stereocenters. The van der Waals surface area contributed by atoms with Crippen molar-refractivity contribution in [3.8, 4) is 11.6 Å². The molecule has 21 heavy (non-hydrogen) atoms. The summed E-state index contributed by atoms with van der Waals surface area (Å²) >= 11 is 0. The SMILES string of the molecule is CC(C)CNCc1cccnc1Oc1cccc(CO)c1. The quantitative estimate of drug-likeness (QED) is 0.821. The van der Waals surface area contributed by atoms with E-state index in [1.807, 2.05) is 36.4 Å². The summed E-state index contributed by atoms with van der Waals surface area (Å²) in [7, 11) is 0. The van der Waals surface area contributed by atoms with Crippen molar-refractivity contribution in [2.24, 2.45) is 5.92 Å². The minimum Gasteiger partial charge on any atom is -0.439 e. The minimum atomic E-state index is 0.00220. The van der Waals surface area contributed by atoms with E-state index in [0.717, 1.165) is 24.2 Å². The molecule has 4 heteroatoms. The summed E-state index contributed by atoms with van der Waals surface area (Å²) in [5.41, 5.74) is 1.84. The van der Waals surface area contributed by atoms with Gasteiger partial charge in [0.15, 0.2) is 0 Å². The largest absolute Gasteiger partial charge is 0.439 e. The monoisotopic (exact) mass is 286 g/mol. The number of aliphatic hydroxyl groups is 1. The number of aromatic nitrogens is 1. The smallest absolute Gasteiger partial charge is 0.223 e. The van der Waals surface area contributed by atoms with Crippen molar-refractivity contribution in [3.63, 3.8) is 0 Å². The summed E-state index contributed by atoms with van der Waals surface area (Å²) in [5.74, 6) is 1.89. The van der Waals surface area contributed by atoms with Crippen molar-refractivity contribution in [2.75, 3.05) is 6.54 Å². The first-order chi connectivity index (χ1) is 10.2. The van der Waals surface area contributed by atoms with Crippen LogP contribution < -0.4 is 10.1 Å². The highest BCUT2D eigenvalue weighted by Crippen LogP contribution is 2.23. The summed E-state index contributed by atoms with van der Waals surface area (Å²) in [5, 5.41) is 12.6. The Kier molecular flexibility index (Phi) is 5.72. The molecule has 2 rings (SSSR count). The Hall–Kier alpha value is -1.91. The number of nitrogens with zero attached hydrogens (tertiary/aromatic N) is 1. The first-order valence-electron chi connectivity index (χ1n) is 7.21. The first-order valence-corrected chi connectivity index (χ1v) is 7.21. The highest BCUT2D eigenvalue weighted by molar-refractivity contribution is 5.34. The predicted molar refractivity (Wildman–Crippen MR) is 83.2 cm³/mol. The van der Waals surface area contributed by atoms with Gasteiger partial charge in [-0.25, -0.2) is 4.98 Å². The first kappa shape index (κ1) is 15.5. The Bertz CT molecular complexity index is 570. The van der Waals surface area contributed by atoms with Gasteiger partial charge in [0.2, 0.25) is 5.88 Å². The van der Waals surface area contributed by atoms with Crippen molar-refractivity contribution in [2.45, 2.75) is 27.0 Å². The van der Waals surface area contributed by atoms with E-state index < -0.39 is 0 Å². The third kappa shape index (κ3) is 4.85. The van der Waals surface area contributed by atoms with Gasteiger partial charge in [0.25, 0.3) is 0 Å². The van der Waals surface area contributed by atoms with Gasteiger partial charge in [0.05, 0.1) is 6.61 Å². The molecule has 1 aromatic heterocycles. The Labute approximate surface area is 125 Å². The molecule has 112 valence electrons. The number of nitrogens with one attached hydrogen (secondary N) is 1. The van der Waals surface area contributed by atoms with E-state index in [2.05, 4.69) is 24.1 Å². The van der Waals surface area contributed by atoms with E-state index in [1.54, 1.807) is 6.20 Å². The molecule has 4 nitrogen and oxygen atoms in total. The van der Waals surface area contributed by atoms with Crippen LogP contribution in [0.15, 0.2) is 42.6 Å². The topological polar surface area (TPSA) is 54.4 Å². The van der Waals surface area contributed by atoms with Crippen LogP contribution in [-0.4, -0.2) is 16.6 Å². The molecule has 0 fully saturated rings. The average Bonchev–Trinajstić information content (AvgIpc) is 2.49. The molecule has 0 saturated carbocycles. The molecule has 2 N–H and O–H groups in total. The number of aliphatic hydroxyl groups excluding tert-OH is 1. The summed E-state index contributed by atoms with van der Waals surface area (Å²) < 4.78 is 5.85. The van der Waals surface area contributed by atoms with Gasteiger partial charge in [-0.3, -0.25) is 0 Å². The van der Waals surface area contributed by atoms with Crippen LogP contribution in [0.4, 0.5) is 0 Å². The standard InChI is InChI=1S/C17H22N2O2/c1-13(2)10-18-11-15-6-4-8-19-17(15)21-16-7-3-5-14(9-16)12-20/h3-9,13,18,20H,10-12H2,1-2H3. The van der Waals surface area contributed by atoms with Crippen LogP contribution in [0.1, 0.15) is 25.0 Å². The van der Waals surface area contributed by atoms with Crippen LogP contribution in [0.3, 0.4) is 0 Å². The Morgan fingerprint density at radius 3 is 2.86 bits per heavy atom. The molecule has 0 saturated heterocycles. The van der Waals surface area contributed by atoms with Crippen LogP contribution in [0.2, 0.25) is 0 Å². The summed E-state index contributed by atoms with van der Waals surface area (Å²) in [6, 6.07) is 11.3. The number of hydrogen-bond acceptors (Lipinski definition) is 4. The van der Waals surface area contributed by atoms with Gasteiger partial charge in [-0.15, -0.1) is 0 Å². The molecule has 0 amide bonds. The van der Waals surface area contributed by atoms with Crippen LogP contribution in [-0.2, 0) is 13.2 Å². The van der Waals surface area contributed by atoms with Crippen LogP contribution in [0.5, 0.6) is 11.6 Å². The molecular weight excluding hydrogens is 264 g/mol. The van der Waals surface area contributed by atoms with Crippen molar-refractivity contribution in [1.82, 2.24) is 10.3 Å². The molecule has 0 aliphatic carbocycles. The maximum absolute atomic E-state index is 9.17. The zero-order valence-electron chi connectivity index (χ0n) is 12.5. The second kappa shape index (κ2) is 7.76. The lowest BCUT2D eigenvalue weighted by atomic mass is 10.2. The fraction of sp³-hybridized carbons (Fsp3) is 0.353. The summed E-state index contributed by atoms with van der Waals surface area (Å²) in [4.78, 5) is 4.30. The molecule has 0 bridgehead atoms. The lowest BCUT2D eigenvalue weighted by molar-refractivity contribution is 0.281. The van der Waals surface area contributed by atoms with Gasteiger partial charge in [-0.05, 0) is 36.2 Å². The Balaban J connectivity index is 2.08. The molecule has 0 aliphatic heterocycles. The molecule has 0 aliphatic rings. The lowest BCUT2D eigenvalue weighted by Gasteiger charge is -2.12. The Morgan fingerprint density at radius 2 is 2.10 bits per heavy atom. The van der Waals surface area contributed by atoms with Crippen LogP contribution in [0.25, 0.3) is 0 Å². The van der Waals surface area contributed by atoms with Gasteiger partial charge in [0.1, 0.15) is 5.75 Å². The van der Waals surface area contributed by atoms with E-state index >= 15 is 0 Å². The van der Waals surface area contributed by atoms with Crippen molar-refractivity contribution in [1.29, 1.82) is 0 Å². The second-order valence-electron chi connectivity index (χ2n) is 5.40. The summed E-state index contributed by atoms with van der Waals surface area (Å²) in [6.07, 6.45) is 1.72. The van der Waals surface area contributed by atoms with Crippen molar-refractivity contribution in [3.05, 3.63) is 53.7 Å². The normalized spacial score (nSPS) is 10.9. The van der Waals surface area contributed by atoms with Crippen LogP contribution >= 0.6 is 0 Å². The molecule has 1 heterocycles.